The quantitative estimate of drug-likeness (QED) is 0.772. The van der Waals surface area contributed by atoms with Gasteiger partial charge in [-0.2, -0.15) is 5.26 Å². The molecule has 0 aliphatic heterocycles. The van der Waals surface area contributed by atoms with Crippen LogP contribution in [-0.2, 0) is 4.87 Å². The summed E-state index contributed by atoms with van der Waals surface area (Å²) in [4.78, 5) is 10.3. The molecule has 0 aromatic heterocycles. The molecule has 1 aliphatic carbocycles. The molecule has 0 bridgehead atoms. The molecule has 2 unspecified atom stereocenters. The lowest BCUT2D eigenvalue weighted by Gasteiger charge is -2.07. The fourth-order valence-corrected chi connectivity index (χ4v) is 1.95. The van der Waals surface area contributed by atoms with Crippen molar-refractivity contribution in [2.75, 3.05) is 0 Å². The van der Waals surface area contributed by atoms with E-state index in [1.807, 2.05) is 0 Å². The van der Waals surface area contributed by atoms with Gasteiger partial charge in [0, 0.05) is 5.56 Å². The van der Waals surface area contributed by atoms with Crippen LogP contribution < -0.4 is 5.73 Å². The largest absolute Gasteiger partial charge is 0.366 e. The number of benzene rings is 1. The maximum Gasteiger partial charge on any atom is 0.248 e. The molecule has 1 fully saturated rings. The Balaban J connectivity index is 2.26. The summed E-state index contributed by atoms with van der Waals surface area (Å²) in [5.74, 6) is -0.587. The van der Waals surface area contributed by atoms with Gasteiger partial charge in [0.25, 0.3) is 0 Å². The first kappa shape index (κ1) is 10.0. The van der Waals surface area contributed by atoms with E-state index in [0.717, 1.165) is 5.56 Å². The predicted octanol–water partition coefficient (Wildman–Crippen LogP) is 1.76. The van der Waals surface area contributed by atoms with Crippen molar-refractivity contribution >= 4 is 17.5 Å². The topological polar surface area (TPSA) is 66.9 Å². The number of nitrogens with zero attached hydrogens (tertiary/aromatic N) is 1. The number of carbonyl (C=O) groups excluding carboxylic acids is 1. The minimum atomic E-state index is -0.551. The van der Waals surface area contributed by atoms with Gasteiger partial charge in [-0.05, 0) is 24.1 Å². The fourth-order valence-electron chi connectivity index (χ4n) is 1.62. The van der Waals surface area contributed by atoms with E-state index in [9.17, 15) is 4.79 Å². The van der Waals surface area contributed by atoms with Gasteiger partial charge in [-0.25, -0.2) is 0 Å². The molecule has 15 heavy (non-hydrogen) atoms. The van der Waals surface area contributed by atoms with Crippen LogP contribution >= 0.6 is 11.6 Å². The SMILES string of the molecule is N#CC1CC1(Cl)c1ccc(C(N)=O)cc1. The minimum absolute atomic E-state index is 0.126. The van der Waals surface area contributed by atoms with Crippen LogP contribution in [0.15, 0.2) is 24.3 Å². The highest BCUT2D eigenvalue weighted by Crippen LogP contribution is 2.57. The molecule has 0 spiro atoms. The Hall–Kier alpha value is -1.53. The Labute approximate surface area is 92.4 Å². The Morgan fingerprint density at radius 2 is 2.13 bits per heavy atom. The van der Waals surface area contributed by atoms with Crippen LogP contribution in [0.3, 0.4) is 0 Å². The smallest absolute Gasteiger partial charge is 0.248 e. The van der Waals surface area contributed by atoms with Gasteiger partial charge in [0.1, 0.15) is 0 Å². The van der Waals surface area contributed by atoms with E-state index in [2.05, 4.69) is 6.07 Å². The lowest BCUT2D eigenvalue weighted by atomic mass is 10.1. The minimum Gasteiger partial charge on any atom is -0.366 e. The third-order valence-corrected chi connectivity index (χ3v) is 3.33. The zero-order valence-electron chi connectivity index (χ0n) is 7.90. The summed E-state index contributed by atoms with van der Waals surface area (Å²) < 4.78 is 0. The number of halogens is 1. The van der Waals surface area contributed by atoms with Gasteiger partial charge >= 0.3 is 0 Å². The molecule has 3 nitrogen and oxygen atoms in total. The predicted molar refractivity (Wildman–Crippen MR) is 56.2 cm³/mol. The van der Waals surface area contributed by atoms with Crippen molar-refractivity contribution in [2.24, 2.45) is 11.7 Å². The second kappa shape index (κ2) is 3.25. The first-order valence-corrected chi connectivity index (χ1v) is 4.94. The van der Waals surface area contributed by atoms with Crippen LogP contribution in [0.4, 0.5) is 0 Å². The molecular weight excluding hydrogens is 212 g/mol. The summed E-state index contributed by atoms with van der Waals surface area (Å²) in [7, 11) is 0. The number of primary amides is 1. The zero-order valence-corrected chi connectivity index (χ0v) is 8.66. The zero-order chi connectivity index (χ0) is 11.1. The third-order valence-electron chi connectivity index (χ3n) is 2.70. The van der Waals surface area contributed by atoms with Gasteiger partial charge in [-0.15, -0.1) is 11.6 Å². The molecule has 1 aromatic rings. The monoisotopic (exact) mass is 220 g/mol. The van der Waals surface area contributed by atoms with Crippen molar-refractivity contribution < 1.29 is 4.79 Å². The van der Waals surface area contributed by atoms with E-state index < -0.39 is 10.8 Å². The van der Waals surface area contributed by atoms with E-state index in [1.165, 1.54) is 0 Å². The summed E-state index contributed by atoms with van der Waals surface area (Å²) in [5.41, 5.74) is 6.45. The molecule has 2 atom stereocenters. The Morgan fingerprint density at radius 1 is 1.53 bits per heavy atom. The van der Waals surface area contributed by atoms with Crippen LogP contribution in [-0.4, -0.2) is 5.91 Å². The van der Waals surface area contributed by atoms with Crippen LogP contribution in [0.2, 0.25) is 0 Å². The second-order valence-corrected chi connectivity index (χ2v) is 4.36. The van der Waals surface area contributed by atoms with Crippen molar-refractivity contribution in [1.29, 1.82) is 5.26 Å². The number of hydrogen-bond donors (Lipinski definition) is 1. The maximum atomic E-state index is 10.8. The molecule has 1 aromatic carbocycles. The normalized spacial score (nSPS) is 28.1. The van der Waals surface area contributed by atoms with Crippen LogP contribution in [0.25, 0.3) is 0 Å². The molecular formula is C11H9ClN2O. The van der Waals surface area contributed by atoms with Gasteiger partial charge in [0.2, 0.25) is 5.91 Å². The van der Waals surface area contributed by atoms with Crippen molar-refractivity contribution in [3.8, 4) is 6.07 Å². The number of alkyl halides is 1. The maximum absolute atomic E-state index is 10.8. The number of nitriles is 1. The van der Waals surface area contributed by atoms with E-state index in [0.29, 0.717) is 12.0 Å². The summed E-state index contributed by atoms with van der Waals surface area (Å²) in [6, 6.07) is 8.92. The Kier molecular flexibility index (Phi) is 2.17. The highest BCUT2D eigenvalue weighted by Gasteiger charge is 2.54. The second-order valence-electron chi connectivity index (χ2n) is 3.69. The van der Waals surface area contributed by atoms with Gasteiger partial charge in [-0.1, -0.05) is 12.1 Å². The lowest BCUT2D eigenvalue weighted by Crippen LogP contribution is -2.11. The lowest BCUT2D eigenvalue weighted by molar-refractivity contribution is 0.100. The first-order valence-electron chi connectivity index (χ1n) is 4.57. The highest BCUT2D eigenvalue weighted by molar-refractivity contribution is 6.26. The summed E-state index contributed by atoms with van der Waals surface area (Å²) in [5, 5.41) is 8.74. The molecule has 1 aliphatic rings. The van der Waals surface area contributed by atoms with Crippen molar-refractivity contribution in [3.63, 3.8) is 0 Å². The van der Waals surface area contributed by atoms with E-state index in [-0.39, 0.29) is 5.92 Å². The highest BCUT2D eigenvalue weighted by atomic mass is 35.5. The van der Waals surface area contributed by atoms with Crippen molar-refractivity contribution in [2.45, 2.75) is 11.3 Å². The standard InChI is InChI=1S/C11H9ClN2O/c12-11(5-9(11)6-13)8-3-1-7(2-4-8)10(14)15/h1-4,9H,5H2,(H2,14,15). The molecule has 1 amide bonds. The molecule has 76 valence electrons. The van der Waals surface area contributed by atoms with Gasteiger partial charge in [-0.3, -0.25) is 4.79 Å². The van der Waals surface area contributed by atoms with Crippen LogP contribution in [0, 0.1) is 17.2 Å². The first-order chi connectivity index (χ1) is 7.08. The van der Waals surface area contributed by atoms with E-state index >= 15 is 0 Å². The molecule has 1 saturated carbocycles. The van der Waals surface area contributed by atoms with E-state index in [1.54, 1.807) is 24.3 Å². The molecule has 2 rings (SSSR count). The Morgan fingerprint density at radius 3 is 2.53 bits per heavy atom. The molecule has 2 N–H and O–H groups in total. The summed E-state index contributed by atoms with van der Waals surface area (Å²) >= 11 is 6.23. The van der Waals surface area contributed by atoms with Crippen LogP contribution in [0.5, 0.6) is 0 Å². The average Bonchev–Trinajstić information content (AvgIpc) is 2.91. The average molecular weight is 221 g/mol. The summed E-state index contributed by atoms with van der Waals surface area (Å²) in [6.07, 6.45) is 0.668. The molecule has 0 saturated heterocycles. The molecule has 4 heteroatoms. The number of rotatable bonds is 2. The van der Waals surface area contributed by atoms with Crippen molar-refractivity contribution in [3.05, 3.63) is 35.4 Å². The number of hydrogen-bond acceptors (Lipinski definition) is 2. The van der Waals surface area contributed by atoms with Gasteiger partial charge < -0.3 is 5.73 Å². The molecule has 0 heterocycles. The van der Waals surface area contributed by atoms with E-state index in [4.69, 9.17) is 22.6 Å². The van der Waals surface area contributed by atoms with Gasteiger partial charge in [0.15, 0.2) is 0 Å². The molecule has 0 radical (unpaired) electrons. The number of carbonyl (C=O) groups is 1. The number of nitrogens with two attached hydrogens (primary N) is 1. The van der Waals surface area contributed by atoms with Gasteiger partial charge in [0.05, 0.1) is 16.9 Å². The van der Waals surface area contributed by atoms with Crippen molar-refractivity contribution in [1.82, 2.24) is 0 Å². The third kappa shape index (κ3) is 1.57. The summed E-state index contributed by atoms with van der Waals surface area (Å²) in [6.45, 7) is 0. The number of amides is 1. The Bertz CT molecular complexity index is 449. The van der Waals surface area contributed by atoms with Crippen LogP contribution in [0.1, 0.15) is 22.3 Å². The fraction of sp³-hybridized carbons (Fsp3) is 0.273.